The van der Waals surface area contributed by atoms with Crippen molar-refractivity contribution in [3.8, 4) is 33.8 Å². The normalized spacial score (nSPS) is 12.9. The monoisotopic (exact) mass is 1490 g/mol. The average molecular weight is 1490 g/mol. The highest BCUT2D eigenvalue weighted by molar-refractivity contribution is 7.26. The molecule has 6 nitrogen and oxygen atoms in total. The van der Waals surface area contributed by atoms with Gasteiger partial charge >= 0.3 is 0 Å². The summed E-state index contributed by atoms with van der Waals surface area (Å²) in [5.41, 5.74) is 27.6. The summed E-state index contributed by atoms with van der Waals surface area (Å²) in [6.07, 6.45) is 0. The third-order valence-corrected chi connectivity index (χ3v) is 27.0. The number of fused-ring (bicyclic) bond motifs is 17. The van der Waals surface area contributed by atoms with Crippen LogP contribution in [0.15, 0.2) is 382 Å². The minimum absolute atomic E-state index is 0.290. The fourth-order valence-electron chi connectivity index (χ4n) is 19.0. The Balaban J connectivity index is 0.868. The smallest absolute Gasteiger partial charge is 0.256 e. The number of rotatable bonds is 11. The van der Waals surface area contributed by atoms with Gasteiger partial charge in [-0.05, 0) is 171 Å². The van der Waals surface area contributed by atoms with E-state index < -0.39 is 0 Å². The first kappa shape index (κ1) is 64.2. The van der Waals surface area contributed by atoms with E-state index in [2.05, 4.69) is 407 Å². The molecule has 0 aliphatic carbocycles. The first-order chi connectivity index (χ1) is 56.1. The number of thiophene rings is 3. The predicted molar refractivity (Wildman–Crippen MR) is 485 cm³/mol. The number of anilines is 15. The van der Waals surface area contributed by atoms with Crippen molar-refractivity contribution in [2.75, 3.05) is 24.5 Å². The van der Waals surface area contributed by atoms with Crippen LogP contribution in [0.1, 0.15) is 0 Å². The molecular weight excluding hydrogens is 1430 g/mol. The molecule has 20 aromatic rings. The van der Waals surface area contributed by atoms with Gasteiger partial charge in [-0.2, -0.15) is 0 Å². The molecule has 4 aliphatic rings. The molecule has 0 spiro atoms. The van der Waals surface area contributed by atoms with Crippen LogP contribution in [0.5, 0.6) is 11.5 Å². The lowest BCUT2D eigenvalue weighted by Crippen LogP contribution is -2.64. The van der Waals surface area contributed by atoms with Crippen molar-refractivity contribution in [3.05, 3.63) is 382 Å². The molecule has 0 N–H and O–H groups in total. The predicted octanol–water partition coefficient (Wildman–Crippen LogP) is 25.6. The van der Waals surface area contributed by atoms with Gasteiger partial charge in [0.05, 0.1) is 34.1 Å². The van der Waals surface area contributed by atoms with Crippen LogP contribution >= 0.6 is 34.0 Å². The van der Waals surface area contributed by atoms with Crippen LogP contribution in [-0.4, -0.2) is 13.4 Å². The zero-order valence-electron chi connectivity index (χ0n) is 60.9. The van der Waals surface area contributed by atoms with Crippen molar-refractivity contribution in [1.82, 2.24) is 0 Å². The maximum atomic E-state index is 7.66. The Morgan fingerprint density at radius 3 is 1.21 bits per heavy atom. The molecule has 0 saturated carbocycles. The molecule has 11 heteroatoms. The second kappa shape index (κ2) is 25.4. The Bertz CT molecular complexity index is 7200. The van der Waals surface area contributed by atoms with Gasteiger partial charge in [0.15, 0.2) is 0 Å². The van der Waals surface area contributed by atoms with Gasteiger partial charge in [-0.1, -0.05) is 249 Å². The molecule has 526 valence electrons. The summed E-state index contributed by atoms with van der Waals surface area (Å²) in [5.74, 6) is 1.66. The third-order valence-electron chi connectivity index (χ3n) is 23.6. The maximum Gasteiger partial charge on any atom is 0.256 e. The molecular formula is C102H63B2N5OS3. The van der Waals surface area contributed by atoms with Gasteiger partial charge in [-0.3, -0.25) is 0 Å². The number of benzene rings is 17. The van der Waals surface area contributed by atoms with Crippen molar-refractivity contribution in [2.24, 2.45) is 0 Å². The van der Waals surface area contributed by atoms with Crippen LogP contribution in [0.25, 0.3) is 82.8 Å². The first-order valence-electron chi connectivity index (χ1n) is 38.6. The highest BCUT2D eigenvalue weighted by Crippen LogP contribution is 2.57. The Hall–Kier alpha value is -13.7. The number of hydrogen-bond acceptors (Lipinski definition) is 9. The maximum absolute atomic E-state index is 7.66. The molecule has 24 rings (SSSR count). The van der Waals surface area contributed by atoms with Crippen LogP contribution in [0.4, 0.5) is 85.3 Å². The minimum Gasteiger partial charge on any atom is -0.458 e. The zero-order chi connectivity index (χ0) is 73.9. The van der Waals surface area contributed by atoms with Gasteiger partial charge in [0, 0.05) is 129 Å². The largest absolute Gasteiger partial charge is 0.458 e. The fourth-order valence-corrected chi connectivity index (χ4v) is 22.4. The van der Waals surface area contributed by atoms with Crippen molar-refractivity contribution in [2.45, 2.75) is 0 Å². The van der Waals surface area contributed by atoms with Crippen molar-refractivity contribution >= 4 is 226 Å². The number of para-hydroxylation sites is 6. The molecule has 0 unspecified atom stereocenters. The first-order valence-corrected chi connectivity index (χ1v) is 41.0. The summed E-state index contributed by atoms with van der Waals surface area (Å²) in [6.45, 7) is -0.588. The van der Waals surface area contributed by atoms with Gasteiger partial charge in [0.1, 0.15) is 11.5 Å². The fraction of sp³-hybridized carbons (Fsp3) is 0. The van der Waals surface area contributed by atoms with Crippen LogP contribution < -0.4 is 62.0 Å². The van der Waals surface area contributed by atoms with E-state index in [1.54, 1.807) is 0 Å². The second-order valence-electron chi connectivity index (χ2n) is 29.7. The van der Waals surface area contributed by atoms with Crippen molar-refractivity contribution in [1.29, 1.82) is 0 Å². The van der Waals surface area contributed by atoms with Gasteiger partial charge in [-0.15, -0.1) is 34.0 Å². The molecule has 0 amide bonds. The van der Waals surface area contributed by atoms with E-state index in [0.717, 1.165) is 130 Å². The van der Waals surface area contributed by atoms with Crippen LogP contribution in [0.2, 0.25) is 0 Å². The van der Waals surface area contributed by atoms with Crippen molar-refractivity contribution < 1.29 is 4.74 Å². The number of nitrogens with zero attached hydrogens (tertiary/aromatic N) is 5. The van der Waals surface area contributed by atoms with Crippen LogP contribution in [0.3, 0.4) is 0 Å². The molecule has 3 aromatic heterocycles. The van der Waals surface area contributed by atoms with Gasteiger partial charge < -0.3 is 29.2 Å². The summed E-state index contributed by atoms with van der Waals surface area (Å²) in [7, 11) is 0. The lowest BCUT2D eigenvalue weighted by molar-refractivity contribution is 0.487. The summed E-state index contributed by atoms with van der Waals surface area (Å²) in [5, 5.41) is 7.34. The molecule has 0 radical (unpaired) electrons. The SMILES string of the molecule is c1ccc(-c2cccc(-c3ccccc3)c2N2c3cc4c(cc3B3c5ccccc5N(c5cccc6sc7ccccc7c56)c5cc(N(c6ccccc6)c6ccccc6)cc2c53)B2c3ccccc3Oc3cc(N(c5ccccc5)c5cccc6sc7ccccc7c56)cc(c32)N4c2cccc3sc4ccccc4c23)cc1. The molecule has 7 heterocycles. The lowest BCUT2D eigenvalue weighted by atomic mass is 9.30. The Kier molecular flexibility index (Phi) is 14.5. The molecule has 0 fully saturated rings. The van der Waals surface area contributed by atoms with Crippen molar-refractivity contribution in [3.63, 3.8) is 0 Å². The van der Waals surface area contributed by atoms with E-state index in [-0.39, 0.29) is 13.4 Å². The molecule has 0 bridgehead atoms. The summed E-state index contributed by atoms with van der Waals surface area (Å²) < 4.78 is 15.1. The van der Waals surface area contributed by atoms with E-state index in [4.69, 9.17) is 4.74 Å². The minimum atomic E-state index is -0.297. The standard InChI is InChI=1S/C102H63B2N5OS3/c1-6-30-64(31-7-1)71-43-26-44-72(65-32-8-2-9-33-65)102(71)109-85-63-84-78(62-79(85)103-76-45-19-21-47-80(76)107(82-49-28-56-95-98(82)74-41-17-24-53-92(74)112-95)86-58-69(59-87(109)100(86)103)105(66-34-10-3-11-35-66)67-36-12-4-13-37-67)104-77-46-20-22-51-89(77)110-90-61-70(60-88(101(90)104)108(84)83-50-29-57-96-99(83)75-42-18-25-54-93(75)113-96)106(68-38-14-5-15-39-68)81-48-27-55-94-97(81)73-40-16-23-52-91(73)111-94/h1-63H. The molecule has 113 heavy (non-hydrogen) atoms. The van der Waals surface area contributed by atoms with E-state index in [0.29, 0.717) is 0 Å². The van der Waals surface area contributed by atoms with E-state index in [1.807, 2.05) is 34.0 Å². The zero-order valence-corrected chi connectivity index (χ0v) is 63.3. The van der Waals surface area contributed by atoms with Crippen LogP contribution in [-0.2, 0) is 0 Å². The number of hydrogen-bond donors (Lipinski definition) is 0. The van der Waals surface area contributed by atoms with Gasteiger partial charge in [0.25, 0.3) is 13.4 Å². The summed E-state index contributed by atoms with van der Waals surface area (Å²) >= 11 is 5.57. The van der Waals surface area contributed by atoms with Gasteiger partial charge in [0.2, 0.25) is 0 Å². The summed E-state index contributed by atoms with van der Waals surface area (Å²) in [4.78, 5) is 13.0. The second-order valence-corrected chi connectivity index (χ2v) is 32.9. The topological polar surface area (TPSA) is 25.4 Å². The van der Waals surface area contributed by atoms with Gasteiger partial charge in [-0.25, -0.2) is 0 Å². The van der Waals surface area contributed by atoms with E-state index in [1.165, 1.54) is 82.4 Å². The highest BCUT2D eigenvalue weighted by Gasteiger charge is 2.50. The lowest BCUT2D eigenvalue weighted by Gasteiger charge is -2.47. The quantitative estimate of drug-likeness (QED) is 0.120. The van der Waals surface area contributed by atoms with E-state index >= 15 is 0 Å². The average Bonchev–Trinajstić information content (AvgIpc) is 1.24. The third kappa shape index (κ3) is 9.79. The number of ether oxygens (including phenoxy) is 1. The Labute approximate surface area is 666 Å². The molecule has 0 atom stereocenters. The molecule has 17 aromatic carbocycles. The van der Waals surface area contributed by atoms with E-state index in [9.17, 15) is 0 Å². The van der Waals surface area contributed by atoms with Crippen LogP contribution in [0, 0.1) is 0 Å². The summed E-state index contributed by atoms with van der Waals surface area (Å²) in [6, 6.07) is 143. The Morgan fingerprint density at radius 2 is 0.637 bits per heavy atom. The molecule has 0 saturated heterocycles. The Morgan fingerprint density at radius 1 is 0.239 bits per heavy atom. The molecule has 4 aliphatic heterocycles. The highest BCUT2D eigenvalue weighted by atomic mass is 32.1.